The molecule has 0 aliphatic heterocycles. The minimum Gasteiger partial charge on any atom is -0.423 e. The second kappa shape index (κ2) is 5.88. The summed E-state index contributed by atoms with van der Waals surface area (Å²) in [6.45, 7) is 0.600. The maximum Gasteiger partial charge on any atom is 0.297 e. The smallest absolute Gasteiger partial charge is 0.297 e. The number of benzene rings is 1. The zero-order chi connectivity index (χ0) is 17.4. The van der Waals surface area contributed by atoms with Crippen LogP contribution in [0.5, 0.6) is 0 Å². The van der Waals surface area contributed by atoms with Gasteiger partial charge in [0.05, 0.1) is 0 Å². The van der Waals surface area contributed by atoms with Gasteiger partial charge in [-0.1, -0.05) is 6.07 Å². The summed E-state index contributed by atoms with van der Waals surface area (Å²) in [6.07, 6.45) is 3.91. The topological polar surface area (TPSA) is 71.3 Å². The molecule has 1 fully saturated rings. The van der Waals surface area contributed by atoms with Crippen LogP contribution in [0.2, 0.25) is 0 Å². The maximum atomic E-state index is 12.5. The molecule has 1 N–H and O–H groups in total. The number of nitrogens with zero attached hydrogens (tertiary/aromatic N) is 3. The minimum atomic E-state index is -0.0986. The van der Waals surface area contributed by atoms with E-state index in [1.54, 1.807) is 29.3 Å². The first kappa shape index (κ1) is 15.6. The van der Waals surface area contributed by atoms with Gasteiger partial charge in [-0.2, -0.15) is 4.98 Å². The second-order valence-corrected chi connectivity index (χ2v) is 6.75. The predicted octanol–water partition coefficient (Wildman–Crippen LogP) is 2.75. The van der Waals surface area contributed by atoms with Crippen LogP contribution in [0.4, 0.5) is 6.01 Å². The number of pyridine rings is 1. The number of nitrogens with one attached hydrogen (secondary N) is 1. The van der Waals surface area contributed by atoms with Gasteiger partial charge in [-0.25, -0.2) is 0 Å². The van der Waals surface area contributed by atoms with Crippen molar-refractivity contribution in [3.05, 3.63) is 53.9 Å². The Kier molecular flexibility index (Phi) is 3.67. The highest BCUT2D eigenvalue weighted by molar-refractivity contribution is 5.97. The van der Waals surface area contributed by atoms with Crippen LogP contribution >= 0.6 is 0 Å². The number of fused-ring (bicyclic) bond motifs is 1. The lowest BCUT2D eigenvalue weighted by atomic mass is 10.0. The molecule has 1 aromatic carbocycles. The lowest BCUT2D eigenvalue weighted by molar-refractivity contribution is 0.0949. The fourth-order valence-corrected chi connectivity index (χ4v) is 2.95. The number of aromatic nitrogens is 2. The van der Waals surface area contributed by atoms with Gasteiger partial charge in [-0.3, -0.25) is 9.78 Å². The van der Waals surface area contributed by atoms with Crippen LogP contribution in [-0.2, 0) is 5.41 Å². The third-order valence-corrected chi connectivity index (χ3v) is 4.67. The largest absolute Gasteiger partial charge is 0.423 e. The van der Waals surface area contributed by atoms with E-state index < -0.39 is 0 Å². The summed E-state index contributed by atoms with van der Waals surface area (Å²) in [4.78, 5) is 23.2. The van der Waals surface area contributed by atoms with Gasteiger partial charge in [0.25, 0.3) is 11.9 Å². The molecule has 0 unspecified atom stereocenters. The number of hydrogen-bond donors (Lipinski definition) is 1. The van der Waals surface area contributed by atoms with Crippen molar-refractivity contribution in [1.29, 1.82) is 0 Å². The minimum absolute atomic E-state index is 0.00694. The summed E-state index contributed by atoms with van der Waals surface area (Å²) in [6, 6.07) is 11.8. The molecule has 1 aliphatic carbocycles. The molecule has 0 spiro atoms. The molecule has 1 saturated carbocycles. The van der Waals surface area contributed by atoms with Gasteiger partial charge < -0.3 is 14.6 Å². The van der Waals surface area contributed by atoms with Crippen molar-refractivity contribution in [2.75, 3.05) is 25.5 Å². The maximum absolute atomic E-state index is 12.5. The van der Waals surface area contributed by atoms with Crippen LogP contribution in [0.15, 0.2) is 47.0 Å². The van der Waals surface area contributed by atoms with E-state index in [0.717, 1.165) is 18.5 Å². The van der Waals surface area contributed by atoms with Crippen LogP contribution in [0.3, 0.4) is 0 Å². The second-order valence-electron chi connectivity index (χ2n) is 6.75. The first-order chi connectivity index (χ1) is 12.1. The van der Waals surface area contributed by atoms with Crippen molar-refractivity contribution in [3.63, 3.8) is 0 Å². The first-order valence-electron chi connectivity index (χ1n) is 8.35. The molecular formula is C19H20N4O2. The van der Waals surface area contributed by atoms with E-state index in [0.29, 0.717) is 29.2 Å². The molecule has 6 nitrogen and oxygen atoms in total. The number of carbonyl (C=O) groups excluding carboxylic acids is 1. The van der Waals surface area contributed by atoms with E-state index >= 15 is 0 Å². The number of amides is 1. The van der Waals surface area contributed by atoms with Crippen LogP contribution < -0.4 is 10.2 Å². The number of carbonyl (C=O) groups is 1. The Bertz CT molecular complexity index is 914. The average Bonchev–Trinajstić information content (AvgIpc) is 3.30. The Labute approximate surface area is 145 Å². The Morgan fingerprint density at radius 3 is 2.80 bits per heavy atom. The molecule has 6 heteroatoms. The Morgan fingerprint density at radius 2 is 2.12 bits per heavy atom. The Morgan fingerprint density at radius 1 is 1.28 bits per heavy atom. The molecular weight excluding hydrogens is 316 g/mol. The quantitative estimate of drug-likeness (QED) is 0.776. The standard InChI is InChI=1S/C19H20N4O2/c1-23(2)18-22-14-11-13(6-7-15(14)25-18)17(24)21-12-19(8-9-19)16-5-3-4-10-20-16/h3-7,10-11H,8-9,12H2,1-2H3,(H,21,24). The lowest BCUT2D eigenvalue weighted by Crippen LogP contribution is -2.32. The molecule has 1 aliphatic rings. The number of oxazole rings is 1. The van der Waals surface area contributed by atoms with Gasteiger partial charge >= 0.3 is 0 Å². The highest BCUT2D eigenvalue weighted by atomic mass is 16.4. The van der Waals surface area contributed by atoms with Crippen molar-refractivity contribution >= 4 is 23.0 Å². The van der Waals surface area contributed by atoms with E-state index in [2.05, 4.69) is 15.3 Å². The zero-order valence-electron chi connectivity index (χ0n) is 14.3. The van der Waals surface area contributed by atoms with Crippen LogP contribution in [0.25, 0.3) is 11.1 Å². The van der Waals surface area contributed by atoms with Crippen LogP contribution in [-0.4, -0.2) is 36.5 Å². The van der Waals surface area contributed by atoms with Crippen LogP contribution in [0, 0.1) is 0 Å². The Balaban J connectivity index is 1.49. The van der Waals surface area contributed by atoms with E-state index in [-0.39, 0.29) is 11.3 Å². The molecule has 25 heavy (non-hydrogen) atoms. The third kappa shape index (κ3) is 2.95. The summed E-state index contributed by atoms with van der Waals surface area (Å²) in [5.41, 5.74) is 2.99. The molecule has 2 heterocycles. The molecule has 0 saturated heterocycles. The van der Waals surface area contributed by atoms with E-state index in [1.807, 2.05) is 32.3 Å². The van der Waals surface area contributed by atoms with E-state index in [1.165, 1.54) is 0 Å². The molecule has 0 bridgehead atoms. The van der Waals surface area contributed by atoms with Gasteiger partial charge in [0.1, 0.15) is 5.52 Å². The van der Waals surface area contributed by atoms with Gasteiger partial charge in [0.2, 0.25) is 0 Å². The molecule has 0 radical (unpaired) electrons. The molecule has 2 aromatic heterocycles. The predicted molar refractivity (Wildman–Crippen MR) is 95.8 cm³/mol. The van der Waals surface area contributed by atoms with Crippen molar-refractivity contribution in [2.45, 2.75) is 18.3 Å². The van der Waals surface area contributed by atoms with Crippen LogP contribution in [0.1, 0.15) is 28.9 Å². The number of anilines is 1. The highest BCUT2D eigenvalue weighted by Gasteiger charge is 2.45. The molecule has 0 atom stereocenters. The summed E-state index contributed by atoms with van der Waals surface area (Å²) in [5, 5.41) is 3.05. The fraction of sp³-hybridized carbons (Fsp3) is 0.316. The molecule has 1 amide bonds. The average molecular weight is 336 g/mol. The van der Waals surface area contributed by atoms with Crippen molar-refractivity contribution in [1.82, 2.24) is 15.3 Å². The SMILES string of the molecule is CN(C)c1nc2cc(C(=O)NCC3(c4ccccn4)CC3)ccc2o1. The highest BCUT2D eigenvalue weighted by Crippen LogP contribution is 2.46. The summed E-state index contributed by atoms with van der Waals surface area (Å²) >= 11 is 0. The molecule has 3 aromatic rings. The number of hydrogen-bond acceptors (Lipinski definition) is 5. The summed E-state index contributed by atoms with van der Waals surface area (Å²) in [5.74, 6) is -0.0986. The lowest BCUT2D eigenvalue weighted by Gasteiger charge is -2.15. The van der Waals surface area contributed by atoms with E-state index in [9.17, 15) is 4.79 Å². The summed E-state index contributed by atoms with van der Waals surface area (Å²) < 4.78 is 5.62. The van der Waals surface area contributed by atoms with Gasteiger partial charge in [0, 0.05) is 43.5 Å². The first-order valence-corrected chi connectivity index (χ1v) is 8.35. The van der Waals surface area contributed by atoms with Gasteiger partial charge in [-0.15, -0.1) is 0 Å². The van der Waals surface area contributed by atoms with Crippen molar-refractivity contribution in [3.8, 4) is 0 Å². The normalized spacial score (nSPS) is 15.1. The summed E-state index contributed by atoms with van der Waals surface area (Å²) in [7, 11) is 3.73. The van der Waals surface area contributed by atoms with Gasteiger partial charge in [-0.05, 0) is 43.2 Å². The van der Waals surface area contributed by atoms with Gasteiger partial charge in [0.15, 0.2) is 5.58 Å². The molecule has 4 rings (SSSR count). The zero-order valence-corrected chi connectivity index (χ0v) is 14.3. The Hall–Kier alpha value is -2.89. The van der Waals surface area contributed by atoms with Crippen molar-refractivity contribution < 1.29 is 9.21 Å². The number of rotatable bonds is 5. The monoisotopic (exact) mass is 336 g/mol. The molecule has 128 valence electrons. The third-order valence-electron chi connectivity index (χ3n) is 4.67. The fourth-order valence-electron chi connectivity index (χ4n) is 2.95. The van der Waals surface area contributed by atoms with E-state index in [4.69, 9.17) is 4.42 Å². The van der Waals surface area contributed by atoms with Crippen molar-refractivity contribution in [2.24, 2.45) is 0 Å².